The number of anilines is 1. The smallest absolute Gasteiger partial charge is 0.141 e. The first-order valence-corrected chi connectivity index (χ1v) is 9.59. The van der Waals surface area contributed by atoms with Crippen molar-refractivity contribution in [1.82, 2.24) is 14.9 Å². The fraction of sp³-hybridized carbons (Fsp3) is 0.476. The molecule has 0 amide bonds. The van der Waals surface area contributed by atoms with Crippen molar-refractivity contribution in [2.75, 3.05) is 37.7 Å². The van der Waals surface area contributed by atoms with Gasteiger partial charge in [-0.25, -0.2) is 0 Å². The zero-order valence-corrected chi connectivity index (χ0v) is 16.0. The lowest BCUT2D eigenvalue weighted by Crippen LogP contribution is -2.37. The van der Waals surface area contributed by atoms with Gasteiger partial charge >= 0.3 is 0 Å². The highest BCUT2D eigenvalue weighted by Gasteiger charge is 2.34. The topological polar surface area (TPSA) is 58.6 Å². The summed E-state index contributed by atoms with van der Waals surface area (Å²) in [5, 5.41) is 0. The lowest BCUT2D eigenvalue weighted by molar-refractivity contribution is -0.112. The first kappa shape index (κ1) is 18.1. The van der Waals surface area contributed by atoms with Crippen LogP contribution < -0.4 is 4.90 Å². The van der Waals surface area contributed by atoms with Crippen molar-refractivity contribution in [1.29, 1.82) is 0 Å². The molecule has 0 bridgehead atoms. The molecule has 4 rings (SSSR count). The summed E-state index contributed by atoms with van der Waals surface area (Å²) in [5.74, 6) is 0. The van der Waals surface area contributed by atoms with Gasteiger partial charge in [0.05, 0.1) is 24.9 Å². The molecule has 0 radical (unpaired) electrons. The van der Waals surface area contributed by atoms with Crippen molar-refractivity contribution in [2.45, 2.75) is 32.9 Å². The zero-order valence-electron chi connectivity index (χ0n) is 16.0. The molecule has 1 atom stereocenters. The minimum Gasteiger partial charge on any atom is -0.378 e. The SMILES string of the molecule is Cc1cnc(CCN2Cc3nccc(N4CCOCC4)c3C2C=O)cc1C. The number of nitrogens with zero attached hydrogens (tertiary/aromatic N) is 4. The molecule has 1 fully saturated rings. The molecule has 0 saturated carbocycles. The second-order valence-corrected chi connectivity index (χ2v) is 7.35. The van der Waals surface area contributed by atoms with Gasteiger partial charge in [-0.2, -0.15) is 0 Å². The number of carbonyl (C=O) groups excluding carboxylic acids is 1. The monoisotopic (exact) mass is 366 g/mol. The standard InChI is InChI=1S/C21H26N4O2/c1-15-11-17(23-12-16(15)2)4-6-25-13-18-21(20(25)14-26)19(3-5-22-18)24-7-9-27-10-8-24/h3,5,11-12,14,20H,4,6-10,13H2,1-2H3. The maximum Gasteiger partial charge on any atom is 0.141 e. The van der Waals surface area contributed by atoms with Gasteiger partial charge in [-0.1, -0.05) is 0 Å². The summed E-state index contributed by atoms with van der Waals surface area (Å²) in [6.07, 6.45) is 5.68. The van der Waals surface area contributed by atoms with E-state index in [-0.39, 0.29) is 6.04 Å². The largest absolute Gasteiger partial charge is 0.378 e. The summed E-state index contributed by atoms with van der Waals surface area (Å²) < 4.78 is 5.48. The Balaban J connectivity index is 1.53. The van der Waals surface area contributed by atoms with Crippen molar-refractivity contribution < 1.29 is 9.53 Å². The second kappa shape index (κ2) is 7.74. The number of pyridine rings is 2. The van der Waals surface area contributed by atoms with Crippen LogP contribution in [0.15, 0.2) is 24.5 Å². The summed E-state index contributed by atoms with van der Waals surface area (Å²) >= 11 is 0. The molecule has 0 N–H and O–H groups in total. The van der Waals surface area contributed by atoms with E-state index in [1.165, 1.54) is 11.1 Å². The van der Waals surface area contributed by atoms with Crippen LogP contribution in [0, 0.1) is 13.8 Å². The van der Waals surface area contributed by atoms with Crippen molar-refractivity contribution in [3.05, 3.63) is 52.6 Å². The second-order valence-electron chi connectivity index (χ2n) is 7.35. The Labute approximate surface area is 160 Å². The molecular formula is C21H26N4O2. The maximum atomic E-state index is 12.0. The molecule has 4 heterocycles. The Morgan fingerprint density at radius 2 is 2.04 bits per heavy atom. The predicted octanol–water partition coefficient (Wildman–Crippen LogP) is 2.23. The average molecular weight is 366 g/mol. The number of hydrogen-bond donors (Lipinski definition) is 0. The summed E-state index contributed by atoms with van der Waals surface area (Å²) in [5.41, 5.74) is 6.75. The number of rotatable bonds is 5. The quantitative estimate of drug-likeness (QED) is 0.757. The van der Waals surface area contributed by atoms with E-state index in [2.05, 4.69) is 39.7 Å². The van der Waals surface area contributed by atoms with Gasteiger partial charge in [0.25, 0.3) is 0 Å². The summed E-state index contributed by atoms with van der Waals surface area (Å²) in [6, 6.07) is 3.94. The summed E-state index contributed by atoms with van der Waals surface area (Å²) in [6.45, 7) is 8.85. The van der Waals surface area contributed by atoms with Gasteiger partial charge in [0.1, 0.15) is 6.29 Å². The molecule has 6 heteroatoms. The molecule has 0 aromatic carbocycles. The number of ether oxygens (including phenoxy) is 1. The fourth-order valence-electron chi connectivity index (χ4n) is 3.96. The van der Waals surface area contributed by atoms with E-state index < -0.39 is 0 Å². The highest BCUT2D eigenvalue weighted by molar-refractivity contribution is 5.71. The third-order valence-corrected chi connectivity index (χ3v) is 5.66. The van der Waals surface area contributed by atoms with Crippen LogP contribution in [-0.2, 0) is 22.5 Å². The van der Waals surface area contributed by atoms with Crippen LogP contribution in [0.25, 0.3) is 0 Å². The third kappa shape index (κ3) is 3.59. The molecule has 2 aromatic rings. The summed E-state index contributed by atoms with van der Waals surface area (Å²) in [7, 11) is 0. The van der Waals surface area contributed by atoms with Crippen molar-refractivity contribution >= 4 is 12.0 Å². The van der Waals surface area contributed by atoms with Crippen LogP contribution in [0.4, 0.5) is 5.69 Å². The van der Waals surface area contributed by atoms with E-state index in [9.17, 15) is 4.79 Å². The molecule has 2 aliphatic rings. The minimum absolute atomic E-state index is 0.238. The van der Waals surface area contributed by atoms with Gasteiger partial charge in [-0.15, -0.1) is 0 Å². The van der Waals surface area contributed by atoms with Crippen molar-refractivity contribution in [3.8, 4) is 0 Å². The lowest BCUT2D eigenvalue weighted by atomic mass is 10.1. The molecule has 2 aromatic heterocycles. The number of aldehydes is 1. The van der Waals surface area contributed by atoms with E-state index >= 15 is 0 Å². The van der Waals surface area contributed by atoms with Gasteiger partial charge in [0, 0.05) is 61.9 Å². The van der Waals surface area contributed by atoms with Gasteiger partial charge in [0.2, 0.25) is 0 Å². The first-order valence-electron chi connectivity index (χ1n) is 9.59. The van der Waals surface area contributed by atoms with E-state index in [0.717, 1.165) is 68.2 Å². The Hall–Kier alpha value is -2.31. The van der Waals surface area contributed by atoms with E-state index in [4.69, 9.17) is 4.74 Å². The zero-order chi connectivity index (χ0) is 18.8. The van der Waals surface area contributed by atoms with Crippen LogP contribution in [-0.4, -0.2) is 54.0 Å². The maximum absolute atomic E-state index is 12.0. The molecule has 142 valence electrons. The Kier molecular flexibility index (Phi) is 5.18. The molecule has 2 aliphatic heterocycles. The van der Waals surface area contributed by atoms with Crippen LogP contribution in [0.5, 0.6) is 0 Å². The Morgan fingerprint density at radius 3 is 2.78 bits per heavy atom. The molecular weight excluding hydrogens is 340 g/mol. The number of aryl methyl sites for hydroxylation is 2. The fourth-order valence-corrected chi connectivity index (χ4v) is 3.96. The highest BCUT2D eigenvalue weighted by Crippen LogP contribution is 2.38. The van der Waals surface area contributed by atoms with Gasteiger partial charge < -0.3 is 14.4 Å². The Morgan fingerprint density at radius 1 is 1.22 bits per heavy atom. The number of aromatic nitrogens is 2. The molecule has 1 saturated heterocycles. The molecule has 0 aliphatic carbocycles. The van der Waals surface area contributed by atoms with Crippen LogP contribution in [0.3, 0.4) is 0 Å². The number of carbonyl (C=O) groups is 1. The van der Waals surface area contributed by atoms with E-state index in [0.29, 0.717) is 6.54 Å². The lowest BCUT2D eigenvalue weighted by Gasteiger charge is -2.31. The molecule has 6 nitrogen and oxygen atoms in total. The average Bonchev–Trinajstić information content (AvgIpc) is 3.07. The minimum atomic E-state index is -0.238. The molecule has 27 heavy (non-hydrogen) atoms. The number of fused-ring (bicyclic) bond motifs is 1. The van der Waals surface area contributed by atoms with Crippen LogP contribution in [0.1, 0.15) is 34.1 Å². The van der Waals surface area contributed by atoms with E-state index in [1.54, 1.807) is 0 Å². The van der Waals surface area contributed by atoms with Crippen LogP contribution in [0.2, 0.25) is 0 Å². The van der Waals surface area contributed by atoms with Crippen molar-refractivity contribution in [2.24, 2.45) is 0 Å². The van der Waals surface area contributed by atoms with Gasteiger partial charge in [-0.3, -0.25) is 14.9 Å². The molecule has 1 unspecified atom stereocenters. The van der Waals surface area contributed by atoms with Gasteiger partial charge in [-0.05, 0) is 37.1 Å². The summed E-state index contributed by atoms with van der Waals surface area (Å²) in [4.78, 5) is 25.6. The Bertz CT molecular complexity index is 833. The third-order valence-electron chi connectivity index (χ3n) is 5.66. The van der Waals surface area contributed by atoms with Crippen LogP contribution >= 0.6 is 0 Å². The van der Waals surface area contributed by atoms with Gasteiger partial charge in [0.15, 0.2) is 0 Å². The first-order chi connectivity index (χ1) is 13.2. The number of hydrogen-bond acceptors (Lipinski definition) is 6. The van der Waals surface area contributed by atoms with E-state index in [1.807, 2.05) is 18.5 Å². The number of morpholine rings is 1. The molecule has 0 spiro atoms. The van der Waals surface area contributed by atoms with Crippen molar-refractivity contribution in [3.63, 3.8) is 0 Å². The normalized spacial score (nSPS) is 19.9. The predicted molar refractivity (Wildman–Crippen MR) is 104 cm³/mol. The highest BCUT2D eigenvalue weighted by atomic mass is 16.5.